The lowest BCUT2D eigenvalue weighted by Gasteiger charge is -2.11. The van der Waals surface area contributed by atoms with E-state index in [4.69, 9.17) is 0 Å². The molecule has 0 unspecified atom stereocenters. The number of rotatable bonds is 4. The van der Waals surface area contributed by atoms with Crippen molar-refractivity contribution in [3.05, 3.63) is 70.7 Å². The number of aromatic nitrogens is 5. The van der Waals surface area contributed by atoms with Gasteiger partial charge in [-0.2, -0.15) is 18.6 Å². The maximum Gasteiger partial charge on any atom is 0.387 e. The van der Waals surface area contributed by atoms with Gasteiger partial charge in [0.05, 0.1) is 0 Å². The lowest BCUT2D eigenvalue weighted by atomic mass is 9.99. The first kappa shape index (κ1) is 17.8. The highest BCUT2D eigenvalue weighted by Crippen LogP contribution is 2.34. The van der Waals surface area contributed by atoms with E-state index in [-0.39, 0.29) is 17.3 Å². The minimum Gasteiger partial charge on any atom is -0.435 e. The molecule has 0 aliphatic carbocycles. The van der Waals surface area contributed by atoms with E-state index < -0.39 is 6.61 Å². The number of hydrogen-bond donors (Lipinski definition) is 0. The van der Waals surface area contributed by atoms with Gasteiger partial charge in [-0.1, -0.05) is 12.1 Å². The molecule has 0 bridgehead atoms. The van der Waals surface area contributed by atoms with Crippen LogP contribution in [0.2, 0.25) is 0 Å². The van der Waals surface area contributed by atoms with E-state index in [2.05, 4.69) is 19.8 Å². The van der Waals surface area contributed by atoms with E-state index >= 15 is 0 Å². The Bertz CT molecular complexity index is 1220. The lowest BCUT2D eigenvalue weighted by molar-refractivity contribution is -0.0502. The van der Waals surface area contributed by atoms with Gasteiger partial charge in [0.15, 0.2) is 0 Å². The van der Waals surface area contributed by atoms with Crippen molar-refractivity contribution in [2.24, 2.45) is 0 Å². The molecule has 0 N–H and O–H groups in total. The maximum absolute atomic E-state index is 13.0. The molecule has 0 amide bonds. The molecule has 4 aromatic rings. The molecular formula is C19H15F2N5O2. The summed E-state index contributed by atoms with van der Waals surface area (Å²) in [5.41, 5.74) is 2.69. The van der Waals surface area contributed by atoms with Crippen molar-refractivity contribution >= 4 is 5.52 Å². The average Bonchev–Trinajstić information content (AvgIpc) is 3.01. The van der Waals surface area contributed by atoms with Crippen molar-refractivity contribution < 1.29 is 13.5 Å². The molecule has 3 aromatic heterocycles. The van der Waals surface area contributed by atoms with Crippen LogP contribution in [0.15, 0.2) is 54.0 Å². The zero-order valence-corrected chi connectivity index (χ0v) is 15.0. The molecule has 0 aliphatic heterocycles. The van der Waals surface area contributed by atoms with Gasteiger partial charge in [0.1, 0.15) is 17.6 Å². The molecule has 0 fully saturated rings. The van der Waals surface area contributed by atoms with Crippen LogP contribution in [0.4, 0.5) is 8.78 Å². The van der Waals surface area contributed by atoms with Gasteiger partial charge >= 0.3 is 6.61 Å². The first-order valence-electron chi connectivity index (χ1n) is 8.39. The Labute approximate surface area is 157 Å². The number of halogens is 2. The van der Waals surface area contributed by atoms with E-state index in [1.54, 1.807) is 42.6 Å². The molecule has 0 aliphatic rings. The second-order valence-electron chi connectivity index (χ2n) is 6.13. The summed E-state index contributed by atoms with van der Waals surface area (Å²) in [6, 6.07) is 6.56. The summed E-state index contributed by atoms with van der Waals surface area (Å²) in [7, 11) is 0. The Hall–Kier alpha value is -3.62. The van der Waals surface area contributed by atoms with Gasteiger partial charge in [0.2, 0.25) is 0 Å². The highest BCUT2D eigenvalue weighted by atomic mass is 19.3. The van der Waals surface area contributed by atoms with Crippen molar-refractivity contribution in [1.29, 1.82) is 0 Å². The van der Waals surface area contributed by atoms with Crippen LogP contribution in [-0.4, -0.2) is 30.8 Å². The molecule has 4 rings (SSSR count). The smallest absolute Gasteiger partial charge is 0.387 e. The van der Waals surface area contributed by atoms with Crippen LogP contribution in [0.5, 0.6) is 5.75 Å². The molecule has 9 heteroatoms. The molecule has 0 radical (unpaired) electrons. The largest absolute Gasteiger partial charge is 0.435 e. The zero-order chi connectivity index (χ0) is 19.8. The molecule has 142 valence electrons. The molecule has 0 spiro atoms. The van der Waals surface area contributed by atoms with Crippen LogP contribution in [0.1, 0.15) is 11.1 Å². The van der Waals surface area contributed by atoms with Crippen LogP contribution >= 0.6 is 0 Å². The minimum atomic E-state index is -2.91. The fourth-order valence-corrected chi connectivity index (χ4v) is 3.19. The Morgan fingerprint density at radius 1 is 1.04 bits per heavy atom. The standard InChI is InChI=1S/C19H15F2N5O2/c1-11-13(5-3-6-15(11)28-18(20)21)14-9-25-10-24-26(17(27)16(25)12(14)2)19-22-7-4-8-23-19/h3-10,18H,1-2H3. The summed E-state index contributed by atoms with van der Waals surface area (Å²) < 4.78 is 32.6. The van der Waals surface area contributed by atoms with Crippen LogP contribution < -0.4 is 10.3 Å². The maximum atomic E-state index is 13.0. The molecule has 0 saturated carbocycles. The molecule has 0 saturated heterocycles. The topological polar surface area (TPSA) is 74.3 Å². The highest BCUT2D eigenvalue weighted by molar-refractivity contribution is 5.79. The molecule has 1 aromatic carbocycles. The molecule has 0 atom stereocenters. The first-order valence-corrected chi connectivity index (χ1v) is 8.39. The predicted molar refractivity (Wildman–Crippen MR) is 97.9 cm³/mol. The third-order valence-corrected chi connectivity index (χ3v) is 4.50. The fraction of sp³-hybridized carbons (Fsp3) is 0.158. The van der Waals surface area contributed by atoms with Crippen LogP contribution in [0.3, 0.4) is 0 Å². The summed E-state index contributed by atoms with van der Waals surface area (Å²) in [6.45, 7) is 0.580. The van der Waals surface area contributed by atoms with Crippen molar-refractivity contribution in [2.75, 3.05) is 0 Å². The highest BCUT2D eigenvalue weighted by Gasteiger charge is 2.18. The molecule has 28 heavy (non-hydrogen) atoms. The quantitative estimate of drug-likeness (QED) is 0.541. The van der Waals surface area contributed by atoms with Gasteiger partial charge < -0.3 is 9.14 Å². The van der Waals surface area contributed by atoms with E-state index in [0.29, 0.717) is 22.2 Å². The number of hydrogen-bond acceptors (Lipinski definition) is 5. The van der Waals surface area contributed by atoms with Crippen LogP contribution in [-0.2, 0) is 0 Å². The number of nitrogens with zero attached hydrogens (tertiary/aromatic N) is 5. The Balaban J connectivity index is 1.91. The van der Waals surface area contributed by atoms with Gasteiger partial charge in [-0.3, -0.25) is 4.79 Å². The van der Waals surface area contributed by atoms with E-state index in [1.807, 2.05) is 0 Å². The second kappa shape index (κ2) is 6.84. The number of aryl methyl sites for hydroxylation is 1. The Kier molecular flexibility index (Phi) is 4.34. The molecule has 7 nitrogen and oxygen atoms in total. The van der Waals surface area contributed by atoms with Crippen molar-refractivity contribution in [2.45, 2.75) is 20.5 Å². The SMILES string of the molecule is Cc1c(OC(F)F)cccc1-c1cn2cnn(-c3ncccn3)c(=O)c2c1C. The van der Waals surface area contributed by atoms with Gasteiger partial charge in [-0.15, -0.1) is 0 Å². The van der Waals surface area contributed by atoms with Crippen molar-refractivity contribution in [3.63, 3.8) is 0 Å². The summed E-state index contributed by atoms with van der Waals surface area (Å²) in [5, 5.41) is 4.12. The van der Waals surface area contributed by atoms with Crippen LogP contribution in [0, 0.1) is 13.8 Å². The summed E-state index contributed by atoms with van der Waals surface area (Å²) in [5.74, 6) is 0.260. The fourth-order valence-electron chi connectivity index (χ4n) is 3.19. The third-order valence-electron chi connectivity index (χ3n) is 4.50. The predicted octanol–water partition coefficient (Wildman–Crippen LogP) is 3.16. The average molecular weight is 383 g/mol. The normalized spacial score (nSPS) is 11.3. The van der Waals surface area contributed by atoms with Gasteiger partial charge in [-0.25, -0.2) is 9.97 Å². The van der Waals surface area contributed by atoms with Gasteiger partial charge in [-0.05, 0) is 42.7 Å². The van der Waals surface area contributed by atoms with Gasteiger partial charge in [0.25, 0.3) is 11.5 Å². The number of fused-ring (bicyclic) bond motifs is 1. The van der Waals surface area contributed by atoms with Crippen LogP contribution in [0.25, 0.3) is 22.6 Å². The third kappa shape index (κ3) is 2.90. The number of ether oxygens (including phenoxy) is 1. The Morgan fingerprint density at radius 2 is 1.79 bits per heavy atom. The van der Waals surface area contributed by atoms with Crippen molar-refractivity contribution in [3.8, 4) is 22.8 Å². The van der Waals surface area contributed by atoms with Crippen molar-refractivity contribution in [1.82, 2.24) is 24.1 Å². The van der Waals surface area contributed by atoms with Gasteiger partial charge in [0, 0.05) is 24.2 Å². The molecular weight excluding hydrogens is 368 g/mol. The molecule has 3 heterocycles. The second-order valence-corrected chi connectivity index (χ2v) is 6.13. The van der Waals surface area contributed by atoms with E-state index in [0.717, 1.165) is 10.2 Å². The van der Waals surface area contributed by atoms with E-state index in [1.165, 1.54) is 24.8 Å². The summed E-state index contributed by atoms with van der Waals surface area (Å²) in [4.78, 5) is 21.1. The zero-order valence-electron chi connectivity index (χ0n) is 15.0. The number of benzene rings is 1. The minimum absolute atomic E-state index is 0.0929. The van der Waals surface area contributed by atoms with E-state index in [9.17, 15) is 13.6 Å². The monoisotopic (exact) mass is 383 g/mol. The number of alkyl halides is 2. The summed E-state index contributed by atoms with van der Waals surface area (Å²) >= 11 is 0. The lowest BCUT2D eigenvalue weighted by Crippen LogP contribution is -2.24. The summed E-state index contributed by atoms with van der Waals surface area (Å²) in [6.07, 6.45) is 6.27. The Morgan fingerprint density at radius 3 is 2.50 bits per heavy atom. The first-order chi connectivity index (χ1) is 13.5.